The maximum absolute atomic E-state index is 14.1. The van der Waals surface area contributed by atoms with Crippen LogP contribution in [0.2, 0.25) is 0 Å². The number of benzene rings is 4. The van der Waals surface area contributed by atoms with Crippen LogP contribution >= 0.6 is 0 Å². The second kappa shape index (κ2) is 8.85. The average molecular weight is 491 g/mol. The first-order valence-corrected chi connectivity index (χ1v) is 13.5. The van der Waals surface area contributed by atoms with Gasteiger partial charge < -0.3 is 4.57 Å². The topological polar surface area (TPSA) is 42.3 Å². The number of aromatic nitrogens is 1. The molecule has 0 saturated heterocycles. The SMILES string of the molecule is Cc1ccc(S(=O)(=O)N2C=C(c3ccccc3)C[C@@H]2n2c(-c3ccccc3)cc3ccccc32)cc1. The number of hydrogen-bond donors (Lipinski definition) is 0. The fraction of sp³-hybridized carbons (Fsp3) is 0.0968. The highest BCUT2D eigenvalue weighted by atomic mass is 32.2. The van der Waals surface area contributed by atoms with Crippen LogP contribution in [0.3, 0.4) is 0 Å². The molecule has 0 fully saturated rings. The molecule has 4 aromatic carbocycles. The molecule has 178 valence electrons. The van der Waals surface area contributed by atoms with E-state index in [-0.39, 0.29) is 0 Å². The molecule has 6 rings (SSSR count). The standard InChI is InChI=1S/C31H26N2O2S/c1-23-16-18-28(19-17-23)36(34,35)32-22-27(24-10-4-2-5-11-24)21-31(32)33-29-15-9-8-14-26(29)20-30(33)25-12-6-3-7-13-25/h2-20,22,31H,21H2,1H3/t31-/m0/s1. The van der Waals surface area contributed by atoms with Gasteiger partial charge in [-0.1, -0.05) is 96.6 Å². The lowest BCUT2D eigenvalue weighted by atomic mass is 10.0. The van der Waals surface area contributed by atoms with Gasteiger partial charge in [-0.05, 0) is 47.9 Å². The normalized spacial score (nSPS) is 15.9. The van der Waals surface area contributed by atoms with E-state index >= 15 is 0 Å². The Labute approximate surface area is 211 Å². The zero-order valence-corrected chi connectivity index (χ0v) is 20.8. The molecule has 1 aromatic heterocycles. The molecule has 2 heterocycles. The third kappa shape index (κ3) is 3.82. The lowest BCUT2D eigenvalue weighted by molar-refractivity contribution is 0.347. The second-order valence-electron chi connectivity index (χ2n) is 9.18. The molecule has 1 aliphatic heterocycles. The highest BCUT2D eigenvalue weighted by Crippen LogP contribution is 2.43. The van der Waals surface area contributed by atoms with Crippen molar-refractivity contribution in [1.82, 2.24) is 8.87 Å². The number of aryl methyl sites for hydroxylation is 1. The van der Waals surface area contributed by atoms with Gasteiger partial charge in [-0.25, -0.2) is 8.42 Å². The molecule has 36 heavy (non-hydrogen) atoms. The first-order valence-electron chi connectivity index (χ1n) is 12.0. The Morgan fingerprint density at radius 3 is 2.03 bits per heavy atom. The zero-order valence-electron chi connectivity index (χ0n) is 20.0. The summed E-state index contributed by atoms with van der Waals surface area (Å²) in [5.74, 6) is 0. The van der Waals surface area contributed by atoms with Crippen molar-refractivity contribution in [3.63, 3.8) is 0 Å². The molecule has 1 atom stereocenters. The van der Waals surface area contributed by atoms with Gasteiger partial charge in [-0.2, -0.15) is 0 Å². The molecule has 5 heteroatoms. The monoisotopic (exact) mass is 490 g/mol. The molecule has 0 unspecified atom stereocenters. The van der Waals surface area contributed by atoms with E-state index in [1.807, 2.05) is 85.9 Å². The minimum atomic E-state index is -3.80. The summed E-state index contributed by atoms with van der Waals surface area (Å²) >= 11 is 0. The van der Waals surface area contributed by atoms with Crippen molar-refractivity contribution in [2.75, 3.05) is 0 Å². The molecule has 5 aromatic rings. The number of rotatable bonds is 5. The third-order valence-electron chi connectivity index (χ3n) is 6.84. The van der Waals surface area contributed by atoms with Crippen molar-refractivity contribution >= 4 is 26.5 Å². The van der Waals surface area contributed by atoms with E-state index in [0.29, 0.717) is 11.3 Å². The molecule has 0 N–H and O–H groups in total. The maximum atomic E-state index is 14.1. The molecule has 4 nitrogen and oxygen atoms in total. The molecule has 1 aliphatic rings. The van der Waals surface area contributed by atoms with Crippen molar-refractivity contribution in [3.05, 3.63) is 133 Å². The predicted octanol–water partition coefficient (Wildman–Crippen LogP) is 7.25. The number of nitrogens with zero attached hydrogens (tertiary/aromatic N) is 2. The molecular formula is C31H26N2O2S. The summed E-state index contributed by atoms with van der Waals surface area (Å²) in [5, 5.41) is 1.08. The Hall–Kier alpha value is -4.09. The van der Waals surface area contributed by atoms with Crippen LogP contribution in [0.4, 0.5) is 0 Å². The van der Waals surface area contributed by atoms with Crippen LogP contribution in [0, 0.1) is 6.92 Å². The van der Waals surface area contributed by atoms with Crippen molar-refractivity contribution in [3.8, 4) is 11.3 Å². The molecule has 0 aliphatic carbocycles. The van der Waals surface area contributed by atoms with Gasteiger partial charge in [0.15, 0.2) is 0 Å². The number of fused-ring (bicyclic) bond motifs is 1. The van der Waals surface area contributed by atoms with Crippen molar-refractivity contribution in [2.45, 2.75) is 24.4 Å². The van der Waals surface area contributed by atoms with Crippen LogP contribution in [-0.4, -0.2) is 17.3 Å². The number of sulfonamides is 1. The Balaban J connectivity index is 1.57. The average Bonchev–Trinajstić information content (AvgIpc) is 3.52. The van der Waals surface area contributed by atoms with Gasteiger partial charge in [0.1, 0.15) is 6.17 Å². The lowest BCUT2D eigenvalue weighted by Crippen LogP contribution is -2.31. The van der Waals surface area contributed by atoms with Crippen LogP contribution in [0.25, 0.3) is 27.7 Å². The van der Waals surface area contributed by atoms with Gasteiger partial charge in [0.25, 0.3) is 10.0 Å². The molecule has 0 radical (unpaired) electrons. The maximum Gasteiger partial charge on any atom is 0.265 e. The minimum Gasteiger partial charge on any atom is -0.318 e. The molecule has 0 amide bonds. The third-order valence-corrected chi connectivity index (χ3v) is 8.61. The Morgan fingerprint density at radius 2 is 1.33 bits per heavy atom. The second-order valence-corrected chi connectivity index (χ2v) is 11.0. The lowest BCUT2D eigenvalue weighted by Gasteiger charge is -2.29. The fourth-order valence-corrected chi connectivity index (χ4v) is 6.50. The summed E-state index contributed by atoms with van der Waals surface area (Å²) in [6.45, 7) is 1.96. The van der Waals surface area contributed by atoms with Crippen LogP contribution < -0.4 is 0 Å². The largest absolute Gasteiger partial charge is 0.318 e. The summed E-state index contributed by atoms with van der Waals surface area (Å²) in [6.07, 6.45) is 1.94. The Morgan fingerprint density at radius 1 is 0.722 bits per heavy atom. The smallest absolute Gasteiger partial charge is 0.265 e. The first kappa shape index (κ1) is 22.4. The Bertz CT molecular complexity index is 1670. The van der Waals surface area contributed by atoms with Gasteiger partial charge >= 0.3 is 0 Å². The van der Waals surface area contributed by atoms with Crippen molar-refractivity contribution in [2.24, 2.45) is 0 Å². The number of hydrogen-bond acceptors (Lipinski definition) is 2. The van der Waals surface area contributed by atoms with Crippen LogP contribution in [0.15, 0.2) is 126 Å². The molecular weight excluding hydrogens is 464 g/mol. The van der Waals surface area contributed by atoms with Crippen LogP contribution in [0.5, 0.6) is 0 Å². The summed E-state index contributed by atoms with van der Waals surface area (Å²) < 4.78 is 31.9. The summed E-state index contributed by atoms with van der Waals surface area (Å²) in [5.41, 5.74) is 6.10. The first-order chi connectivity index (χ1) is 17.5. The minimum absolute atomic E-state index is 0.293. The predicted molar refractivity (Wildman–Crippen MR) is 146 cm³/mol. The van der Waals surface area contributed by atoms with E-state index in [1.165, 1.54) is 0 Å². The van der Waals surface area contributed by atoms with E-state index in [1.54, 1.807) is 16.4 Å². The Kier molecular flexibility index (Phi) is 5.50. The summed E-state index contributed by atoms with van der Waals surface area (Å²) in [6, 6.07) is 37.6. The summed E-state index contributed by atoms with van der Waals surface area (Å²) in [7, 11) is -3.80. The van der Waals surface area contributed by atoms with Crippen LogP contribution in [-0.2, 0) is 10.0 Å². The summed E-state index contributed by atoms with van der Waals surface area (Å²) in [4.78, 5) is 0.293. The van der Waals surface area contributed by atoms with E-state index in [9.17, 15) is 8.42 Å². The molecule has 0 spiro atoms. The van der Waals surface area contributed by atoms with E-state index in [2.05, 4.69) is 34.9 Å². The zero-order chi connectivity index (χ0) is 24.7. The van der Waals surface area contributed by atoms with Crippen molar-refractivity contribution in [1.29, 1.82) is 0 Å². The van der Waals surface area contributed by atoms with Crippen molar-refractivity contribution < 1.29 is 8.42 Å². The van der Waals surface area contributed by atoms with Gasteiger partial charge in [-0.3, -0.25) is 4.31 Å². The van der Waals surface area contributed by atoms with Gasteiger partial charge in [0.2, 0.25) is 0 Å². The quantitative estimate of drug-likeness (QED) is 0.260. The molecule has 0 saturated carbocycles. The fourth-order valence-electron chi connectivity index (χ4n) is 5.02. The van der Waals surface area contributed by atoms with E-state index < -0.39 is 16.2 Å². The number of para-hydroxylation sites is 1. The van der Waals surface area contributed by atoms with E-state index in [0.717, 1.165) is 38.9 Å². The highest BCUT2D eigenvalue weighted by molar-refractivity contribution is 7.89. The van der Waals surface area contributed by atoms with Gasteiger partial charge in [-0.15, -0.1) is 0 Å². The van der Waals surface area contributed by atoms with Crippen LogP contribution in [0.1, 0.15) is 23.7 Å². The van der Waals surface area contributed by atoms with Gasteiger partial charge in [0.05, 0.1) is 16.1 Å². The molecule has 0 bridgehead atoms. The van der Waals surface area contributed by atoms with Gasteiger partial charge in [0, 0.05) is 18.0 Å². The highest BCUT2D eigenvalue weighted by Gasteiger charge is 2.37. The van der Waals surface area contributed by atoms with E-state index in [4.69, 9.17) is 0 Å².